The van der Waals surface area contributed by atoms with Crippen LogP contribution in [0.3, 0.4) is 0 Å². The molecule has 20 heavy (non-hydrogen) atoms. The molecule has 0 radical (unpaired) electrons. The normalized spacial score (nSPS) is 11.7. The summed E-state index contributed by atoms with van der Waals surface area (Å²) in [4.78, 5) is 11.9. The molecule has 2 rings (SSSR count). The highest BCUT2D eigenvalue weighted by molar-refractivity contribution is 5.94. The van der Waals surface area contributed by atoms with E-state index in [1.165, 1.54) is 18.2 Å². The van der Waals surface area contributed by atoms with E-state index in [9.17, 15) is 9.18 Å². The van der Waals surface area contributed by atoms with Crippen molar-refractivity contribution >= 4 is 17.3 Å². The maximum absolute atomic E-state index is 13.0. The van der Waals surface area contributed by atoms with Crippen LogP contribution in [-0.4, -0.2) is 12.0 Å². The van der Waals surface area contributed by atoms with Gasteiger partial charge in [0.05, 0.1) is 0 Å². The Bertz CT molecular complexity index is 616. The maximum atomic E-state index is 13.0. The van der Waals surface area contributed by atoms with Crippen LogP contribution >= 0.6 is 0 Å². The Morgan fingerprint density at radius 2 is 2.00 bits per heavy atom. The monoisotopic (exact) mass is 274 g/mol. The fourth-order valence-electron chi connectivity index (χ4n) is 1.66. The Labute approximate surface area is 116 Å². The number of hydrogen-bond acceptors (Lipinski definition) is 3. The van der Waals surface area contributed by atoms with E-state index < -0.39 is 11.9 Å². The summed E-state index contributed by atoms with van der Waals surface area (Å²) in [6, 6.07) is 12.5. The average molecular weight is 274 g/mol. The fraction of sp³-hybridized carbons (Fsp3) is 0.133. The van der Waals surface area contributed by atoms with Crippen LogP contribution in [0, 0.1) is 5.82 Å². The van der Waals surface area contributed by atoms with Gasteiger partial charge in [0.25, 0.3) is 5.91 Å². The number of carbonyl (C=O) groups excluding carboxylic acids is 1. The molecule has 2 aromatic carbocycles. The summed E-state index contributed by atoms with van der Waals surface area (Å²) in [7, 11) is 0. The summed E-state index contributed by atoms with van der Waals surface area (Å²) in [5.41, 5.74) is 6.57. The molecule has 1 atom stereocenters. The van der Waals surface area contributed by atoms with E-state index >= 15 is 0 Å². The number of hydrogen-bond donors (Lipinski definition) is 2. The van der Waals surface area contributed by atoms with Gasteiger partial charge >= 0.3 is 0 Å². The number of halogens is 1. The van der Waals surface area contributed by atoms with Gasteiger partial charge in [-0.3, -0.25) is 4.79 Å². The fourth-order valence-corrected chi connectivity index (χ4v) is 1.66. The van der Waals surface area contributed by atoms with E-state index in [1.807, 2.05) is 0 Å². The van der Waals surface area contributed by atoms with Gasteiger partial charge in [-0.25, -0.2) is 4.39 Å². The van der Waals surface area contributed by atoms with E-state index in [4.69, 9.17) is 10.5 Å². The lowest BCUT2D eigenvalue weighted by Gasteiger charge is -2.15. The third kappa shape index (κ3) is 3.71. The number of nitrogens with two attached hydrogens (primary N) is 1. The van der Waals surface area contributed by atoms with Crippen molar-refractivity contribution in [1.29, 1.82) is 0 Å². The zero-order valence-electron chi connectivity index (χ0n) is 11.0. The third-order valence-electron chi connectivity index (χ3n) is 2.63. The highest BCUT2D eigenvalue weighted by Gasteiger charge is 2.15. The van der Waals surface area contributed by atoms with Crippen LogP contribution in [0.1, 0.15) is 6.92 Å². The molecule has 0 aliphatic heterocycles. The second-order valence-electron chi connectivity index (χ2n) is 4.33. The van der Waals surface area contributed by atoms with Gasteiger partial charge in [0.15, 0.2) is 6.10 Å². The van der Waals surface area contributed by atoms with Crippen LogP contribution in [0.5, 0.6) is 5.75 Å². The largest absolute Gasteiger partial charge is 0.481 e. The molecule has 0 aliphatic carbocycles. The molecule has 1 amide bonds. The smallest absolute Gasteiger partial charge is 0.265 e. The Balaban J connectivity index is 1.98. The molecule has 0 heterocycles. The van der Waals surface area contributed by atoms with Gasteiger partial charge in [0, 0.05) is 17.4 Å². The second-order valence-corrected chi connectivity index (χ2v) is 4.33. The van der Waals surface area contributed by atoms with Crippen molar-refractivity contribution < 1.29 is 13.9 Å². The molecule has 0 aromatic heterocycles. The number of rotatable bonds is 4. The van der Waals surface area contributed by atoms with Crippen molar-refractivity contribution in [3.8, 4) is 5.75 Å². The summed E-state index contributed by atoms with van der Waals surface area (Å²) < 4.78 is 18.5. The van der Waals surface area contributed by atoms with Gasteiger partial charge in [0.1, 0.15) is 11.6 Å². The van der Waals surface area contributed by atoms with Gasteiger partial charge in [0.2, 0.25) is 0 Å². The summed E-state index contributed by atoms with van der Waals surface area (Å²) >= 11 is 0. The Kier molecular flexibility index (Phi) is 4.20. The first-order chi connectivity index (χ1) is 9.54. The summed E-state index contributed by atoms with van der Waals surface area (Å²) in [5, 5.41) is 2.58. The maximum Gasteiger partial charge on any atom is 0.265 e. The second kappa shape index (κ2) is 6.06. The van der Waals surface area contributed by atoms with Crippen LogP contribution in [0.2, 0.25) is 0 Å². The van der Waals surface area contributed by atoms with Crippen molar-refractivity contribution in [1.82, 2.24) is 0 Å². The van der Waals surface area contributed by atoms with Crippen LogP contribution in [0.25, 0.3) is 0 Å². The van der Waals surface area contributed by atoms with Crippen LogP contribution in [0.15, 0.2) is 48.5 Å². The molecular formula is C15H15FN2O2. The Morgan fingerprint density at radius 1 is 1.25 bits per heavy atom. The van der Waals surface area contributed by atoms with Crippen molar-refractivity contribution in [3.63, 3.8) is 0 Å². The average Bonchev–Trinajstić information content (AvgIpc) is 2.38. The van der Waals surface area contributed by atoms with Crippen LogP contribution in [-0.2, 0) is 4.79 Å². The molecule has 0 aliphatic rings. The third-order valence-corrected chi connectivity index (χ3v) is 2.63. The van der Waals surface area contributed by atoms with E-state index in [0.29, 0.717) is 17.1 Å². The predicted octanol–water partition coefficient (Wildman–Crippen LogP) is 2.81. The quantitative estimate of drug-likeness (QED) is 0.843. The van der Waals surface area contributed by atoms with Gasteiger partial charge in [-0.2, -0.15) is 0 Å². The van der Waals surface area contributed by atoms with Gasteiger partial charge in [-0.1, -0.05) is 12.1 Å². The Hall–Kier alpha value is -2.56. The van der Waals surface area contributed by atoms with Crippen LogP contribution < -0.4 is 15.8 Å². The van der Waals surface area contributed by atoms with Crippen molar-refractivity contribution in [3.05, 3.63) is 54.3 Å². The molecule has 4 nitrogen and oxygen atoms in total. The molecule has 2 aromatic rings. The number of nitrogen functional groups attached to an aromatic ring is 1. The van der Waals surface area contributed by atoms with E-state index in [2.05, 4.69) is 5.32 Å². The lowest BCUT2D eigenvalue weighted by Crippen LogP contribution is -2.30. The van der Waals surface area contributed by atoms with Crippen molar-refractivity contribution in [2.24, 2.45) is 0 Å². The number of nitrogens with one attached hydrogen (secondary N) is 1. The molecule has 5 heteroatoms. The Morgan fingerprint density at radius 3 is 2.70 bits per heavy atom. The first-order valence-electron chi connectivity index (χ1n) is 6.13. The first kappa shape index (κ1) is 13.9. The topological polar surface area (TPSA) is 64.3 Å². The molecule has 3 N–H and O–H groups in total. The zero-order chi connectivity index (χ0) is 14.5. The van der Waals surface area contributed by atoms with E-state index in [1.54, 1.807) is 37.3 Å². The molecule has 0 saturated carbocycles. The first-order valence-corrected chi connectivity index (χ1v) is 6.13. The summed E-state index contributed by atoms with van der Waals surface area (Å²) in [5.74, 6) is -0.267. The molecule has 104 valence electrons. The highest BCUT2D eigenvalue weighted by Crippen LogP contribution is 2.17. The van der Waals surface area contributed by atoms with Gasteiger partial charge < -0.3 is 15.8 Å². The standard InChI is InChI=1S/C15H15FN2O2/c1-10(20-14-7-3-5-12(17)9-14)15(19)18-13-6-2-4-11(16)8-13/h2-10H,17H2,1H3,(H,18,19)/t10-/m0/s1. The van der Waals surface area contributed by atoms with Crippen molar-refractivity contribution in [2.75, 3.05) is 11.1 Å². The summed E-state index contributed by atoms with van der Waals surface area (Å²) in [6.07, 6.45) is -0.722. The number of benzene rings is 2. The number of carbonyl (C=O) groups is 1. The summed E-state index contributed by atoms with van der Waals surface area (Å²) in [6.45, 7) is 1.61. The number of ether oxygens (including phenoxy) is 1. The minimum atomic E-state index is -0.722. The molecular weight excluding hydrogens is 259 g/mol. The lowest BCUT2D eigenvalue weighted by molar-refractivity contribution is -0.122. The highest BCUT2D eigenvalue weighted by atomic mass is 19.1. The molecule has 0 bridgehead atoms. The molecule has 0 saturated heterocycles. The van der Waals surface area contributed by atoms with E-state index in [-0.39, 0.29) is 5.91 Å². The van der Waals surface area contributed by atoms with Gasteiger partial charge in [-0.05, 0) is 37.3 Å². The van der Waals surface area contributed by atoms with Crippen molar-refractivity contribution in [2.45, 2.75) is 13.0 Å². The number of amides is 1. The SMILES string of the molecule is C[C@H](Oc1cccc(N)c1)C(=O)Nc1cccc(F)c1. The minimum absolute atomic E-state index is 0.363. The minimum Gasteiger partial charge on any atom is -0.481 e. The predicted molar refractivity (Wildman–Crippen MR) is 76.0 cm³/mol. The lowest BCUT2D eigenvalue weighted by atomic mass is 10.2. The van der Waals surface area contributed by atoms with E-state index in [0.717, 1.165) is 0 Å². The molecule has 0 fully saturated rings. The molecule has 0 spiro atoms. The molecule has 0 unspecified atom stereocenters. The zero-order valence-corrected chi connectivity index (χ0v) is 11.0. The van der Waals surface area contributed by atoms with Gasteiger partial charge in [-0.15, -0.1) is 0 Å². The number of anilines is 2. The van der Waals surface area contributed by atoms with Crippen LogP contribution in [0.4, 0.5) is 15.8 Å².